The van der Waals surface area contributed by atoms with Crippen LogP contribution in [0.5, 0.6) is 0 Å². The van der Waals surface area contributed by atoms with Crippen molar-refractivity contribution >= 4 is 5.91 Å². The Kier molecular flexibility index (Phi) is 11.1. The van der Waals surface area contributed by atoms with Crippen molar-refractivity contribution < 1.29 is 9.90 Å². The molecule has 108 valence electrons. The second-order valence-electron chi connectivity index (χ2n) is 5.33. The molecule has 1 amide bonds. The van der Waals surface area contributed by atoms with Crippen LogP contribution in [0.1, 0.15) is 46.5 Å². The smallest absolute Gasteiger partial charge is 0.233 e. The van der Waals surface area contributed by atoms with E-state index in [-0.39, 0.29) is 12.5 Å². The Morgan fingerprint density at radius 1 is 1.22 bits per heavy atom. The molecule has 0 aromatic heterocycles. The minimum atomic E-state index is 0.0647. The van der Waals surface area contributed by atoms with Crippen LogP contribution in [-0.2, 0) is 4.79 Å². The van der Waals surface area contributed by atoms with Crippen molar-refractivity contribution in [2.45, 2.75) is 46.5 Å². The van der Waals surface area contributed by atoms with Gasteiger partial charge in [-0.15, -0.1) is 0 Å². The molecule has 0 aliphatic carbocycles. The Hall–Kier alpha value is -0.610. The van der Waals surface area contributed by atoms with Gasteiger partial charge < -0.3 is 15.7 Å². The van der Waals surface area contributed by atoms with Gasteiger partial charge in [-0.3, -0.25) is 4.79 Å². The quantitative estimate of drug-likeness (QED) is 0.527. The van der Waals surface area contributed by atoms with Crippen LogP contribution in [0, 0.1) is 11.8 Å². The molecule has 0 saturated carbocycles. The first-order valence-electron chi connectivity index (χ1n) is 7.18. The van der Waals surface area contributed by atoms with E-state index in [0.29, 0.717) is 18.4 Å². The maximum atomic E-state index is 11.5. The summed E-state index contributed by atoms with van der Waals surface area (Å²) >= 11 is 0. The number of aliphatic hydroxyl groups is 1. The molecule has 0 aliphatic heterocycles. The molecule has 18 heavy (non-hydrogen) atoms. The van der Waals surface area contributed by atoms with Crippen molar-refractivity contribution in [2.75, 3.05) is 26.2 Å². The van der Waals surface area contributed by atoms with Gasteiger partial charge in [-0.25, -0.2) is 0 Å². The molecule has 0 aliphatic rings. The van der Waals surface area contributed by atoms with E-state index in [1.165, 1.54) is 0 Å². The number of hydrogen-bond donors (Lipinski definition) is 3. The first kappa shape index (κ1) is 17.4. The molecule has 1 atom stereocenters. The Labute approximate surface area is 112 Å². The third-order valence-corrected chi connectivity index (χ3v) is 3.00. The largest absolute Gasteiger partial charge is 0.396 e. The van der Waals surface area contributed by atoms with Crippen molar-refractivity contribution in [1.29, 1.82) is 0 Å². The number of rotatable bonds is 11. The third-order valence-electron chi connectivity index (χ3n) is 3.00. The van der Waals surface area contributed by atoms with Gasteiger partial charge in [0.2, 0.25) is 5.91 Å². The van der Waals surface area contributed by atoms with Gasteiger partial charge in [0.25, 0.3) is 0 Å². The molecule has 4 heteroatoms. The number of aliphatic hydroxyl groups excluding tert-OH is 1. The van der Waals surface area contributed by atoms with Crippen molar-refractivity contribution in [3.63, 3.8) is 0 Å². The van der Waals surface area contributed by atoms with E-state index >= 15 is 0 Å². The van der Waals surface area contributed by atoms with E-state index in [1.54, 1.807) is 0 Å². The summed E-state index contributed by atoms with van der Waals surface area (Å²) in [5.74, 6) is 1.16. The van der Waals surface area contributed by atoms with E-state index in [4.69, 9.17) is 5.11 Å². The summed E-state index contributed by atoms with van der Waals surface area (Å²) in [4.78, 5) is 11.5. The summed E-state index contributed by atoms with van der Waals surface area (Å²) in [7, 11) is 0. The van der Waals surface area contributed by atoms with Crippen LogP contribution in [0.15, 0.2) is 0 Å². The average Bonchev–Trinajstić information content (AvgIpc) is 2.29. The minimum Gasteiger partial charge on any atom is -0.396 e. The summed E-state index contributed by atoms with van der Waals surface area (Å²) in [6, 6.07) is 0. The van der Waals surface area contributed by atoms with E-state index in [0.717, 1.165) is 38.8 Å². The molecule has 0 saturated heterocycles. The van der Waals surface area contributed by atoms with Crippen LogP contribution in [0.4, 0.5) is 0 Å². The van der Waals surface area contributed by atoms with Crippen molar-refractivity contribution in [2.24, 2.45) is 11.8 Å². The molecule has 4 nitrogen and oxygen atoms in total. The van der Waals surface area contributed by atoms with Gasteiger partial charge >= 0.3 is 0 Å². The molecule has 1 unspecified atom stereocenters. The lowest BCUT2D eigenvalue weighted by molar-refractivity contribution is -0.120. The highest BCUT2D eigenvalue weighted by Gasteiger charge is 2.08. The molecule has 0 fully saturated rings. The van der Waals surface area contributed by atoms with Gasteiger partial charge in [-0.05, 0) is 37.6 Å². The normalized spacial score (nSPS) is 12.7. The van der Waals surface area contributed by atoms with Gasteiger partial charge in [0.15, 0.2) is 0 Å². The Bertz CT molecular complexity index is 202. The fraction of sp³-hybridized carbons (Fsp3) is 0.929. The summed E-state index contributed by atoms with van der Waals surface area (Å²) in [5.41, 5.74) is 0. The summed E-state index contributed by atoms with van der Waals surface area (Å²) in [5, 5.41) is 15.0. The van der Waals surface area contributed by atoms with Gasteiger partial charge in [0.1, 0.15) is 0 Å². The first-order chi connectivity index (χ1) is 8.60. The fourth-order valence-corrected chi connectivity index (χ4v) is 1.89. The number of amides is 1. The number of carbonyl (C=O) groups is 1. The molecule has 3 N–H and O–H groups in total. The van der Waals surface area contributed by atoms with E-state index in [1.807, 2.05) is 0 Å². The van der Waals surface area contributed by atoms with E-state index in [9.17, 15) is 4.79 Å². The first-order valence-corrected chi connectivity index (χ1v) is 7.18. The number of carbonyl (C=O) groups excluding carboxylic acids is 1. The van der Waals surface area contributed by atoms with Gasteiger partial charge in [-0.2, -0.15) is 0 Å². The van der Waals surface area contributed by atoms with Crippen LogP contribution in [-0.4, -0.2) is 37.3 Å². The van der Waals surface area contributed by atoms with Crippen molar-refractivity contribution in [1.82, 2.24) is 10.6 Å². The number of hydrogen-bond acceptors (Lipinski definition) is 3. The molecule has 0 aromatic rings. The van der Waals surface area contributed by atoms with Gasteiger partial charge in [0, 0.05) is 13.2 Å². The zero-order valence-corrected chi connectivity index (χ0v) is 12.2. The summed E-state index contributed by atoms with van der Waals surface area (Å²) in [6.45, 7) is 8.61. The minimum absolute atomic E-state index is 0.0647. The summed E-state index contributed by atoms with van der Waals surface area (Å²) < 4.78 is 0. The Morgan fingerprint density at radius 2 is 1.94 bits per heavy atom. The van der Waals surface area contributed by atoms with Crippen LogP contribution in [0.3, 0.4) is 0 Å². The van der Waals surface area contributed by atoms with Gasteiger partial charge in [0.05, 0.1) is 6.54 Å². The third kappa shape index (κ3) is 10.5. The van der Waals surface area contributed by atoms with Gasteiger partial charge in [-0.1, -0.05) is 27.2 Å². The second-order valence-corrected chi connectivity index (χ2v) is 5.33. The Balaban J connectivity index is 3.58. The average molecular weight is 258 g/mol. The molecule has 0 spiro atoms. The molecule has 0 aromatic carbocycles. The number of nitrogens with one attached hydrogen (secondary N) is 2. The highest BCUT2D eigenvalue weighted by atomic mass is 16.3. The van der Waals surface area contributed by atoms with Crippen LogP contribution in [0.25, 0.3) is 0 Å². The van der Waals surface area contributed by atoms with Crippen LogP contribution < -0.4 is 10.6 Å². The second kappa shape index (κ2) is 11.5. The fourth-order valence-electron chi connectivity index (χ4n) is 1.89. The van der Waals surface area contributed by atoms with E-state index < -0.39 is 0 Å². The van der Waals surface area contributed by atoms with Crippen molar-refractivity contribution in [3.05, 3.63) is 0 Å². The lowest BCUT2D eigenvalue weighted by atomic mass is 10.0. The maximum Gasteiger partial charge on any atom is 0.233 e. The predicted octanol–water partition coefficient (Wildman–Crippen LogP) is 1.54. The molecule has 0 bridgehead atoms. The lowest BCUT2D eigenvalue weighted by Crippen LogP contribution is -2.36. The van der Waals surface area contributed by atoms with E-state index in [2.05, 4.69) is 31.4 Å². The lowest BCUT2D eigenvalue weighted by Gasteiger charge is -2.15. The molecule has 0 radical (unpaired) electrons. The monoisotopic (exact) mass is 258 g/mol. The standard InChI is InChI=1S/C14H30N2O2/c1-4-5-13(7-9-17)10-15-11-14(18)16-8-6-12(2)3/h12-13,15,17H,4-11H2,1-3H3,(H,16,18). The zero-order chi connectivity index (χ0) is 13.8. The van der Waals surface area contributed by atoms with Crippen molar-refractivity contribution in [3.8, 4) is 0 Å². The molecule has 0 heterocycles. The maximum absolute atomic E-state index is 11.5. The van der Waals surface area contributed by atoms with Crippen LogP contribution >= 0.6 is 0 Å². The summed E-state index contributed by atoms with van der Waals surface area (Å²) in [6.07, 6.45) is 4.06. The van der Waals surface area contributed by atoms with Crippen LogP contribution in [0.2, 0.25) is 0 Å². The molecule has 0 rings (SSSR count). The highest BCUT2D eigenvalue weighted by Crippen LogP contribution is 2.08. The highest BCUT2D eigenvalue weighted by molar-refractivity contribution is 5.77. The molecular weight excluding hydrogens is 228 g/mol. The zero-order valence-electron chi connectivity index (χ0n) is 12.2. The molecular formula is C14H30N2O2. The topological polar surface area (TPSA) is 61.4 Å². The predicted molar refractivity (Wildman–Crippen MR) is 75.4 cm³/mol. The Morgan fingerprint density at radius 3 is 2.50 bits per heavy atom. The SMILES string of the molecule is CCCC(CCO)CNCC(=O)NCCC(C)C.